The van der Waals surface area contributed by atoms with Crippen LogP contribution in [0.15, 0.2) is 36.4 Å². The number of hydrogen-bond donors (Lipinski definition) is 1. The van der Waals surface area contributed by atoms with E-state index in [1.54, 1.807) is 6.07 Å². The van der Waals surface area contributed by atoms with Crippen LogP contribution in [-0.4, -0.2) is 6.04 Å². The number of benzene rings is 2. The van der Waals surface area contributed by atoms with E-state index in [0.29, 0.717) is 12.6 Å². The molecule has 0 spiro atoms. The fourth-order valence-corrected chi connectivity index (χ4v) is 2.18. The fraction of sp³-hybridized carbons (Fsp3) is 0.250. The van der Waals surface area contributed by atoms with E-state index in [2.05, 4.69) is 5.32 Å². The van der Waals surface area contributed by atoms with Gasteiger partial charge in [0.1, 0.15) is 17.5 Å². The first-order valence-corrected chi connectivity index (χ1v) is 6.61. The van der Waals surface area contributed by atoms with Gasteiger partial charge in [0.25, 0.3) is 0 Å². The summed E-state index contributed by atoms with van der Waals surface area (Å²) in [6.45, 7) is 0.571. The van der Waals surface area contributed by atoms with Gasteiger partial charge in [0.2, 0.25) is 0 Å². The number of halogens is 3. The van der Waals surface area contributed by atoms with Crippen molar-refractivity contribution in [3.05, 3.63) is 59.4 Å². The molecule has 3 rings (SSSR count). The normalized spacial score (nSPS) is 14.6. The van der Waals surface area contributed by atoms with E-state index in [9.17, 15) is 13.2 Å². The van der Waals surface area contributed by atoms with Gasteiger partial charge in [-0.05, 0) is 36.6 Å². The summed E-state index contributed by atoms with van der Waals surface area (Å²) in [6, 6.07) is 8.50. The molecule has 0 radical (unpaired) electrons. The SMILES string of the molecule is Fc1cc(CNC2CC2)ccc1-c1c(F)cccc1F. The van der Waals surface area contributed by atoms with Gasteiger partial charge in [0.05, 0.1) is 5.56 Å². The van der Waals surface area contributed by atoms with Crippen LogP contribution in [0.25, 0.3) is 11.1 Å². The quantitative estimate of drug-likeness (QED) is 0.890. The topological polar surface area (TPSA) is 12.0 Å². The van der Waals surface area contributed by atoms with Gasteiger partial charge in [-0.3, -0.25) is 0 Å². The summed E-state index contributed by atoms with van der Waals surface area (Å²) < 4.78 is 41.4. The second-order valence-corrected chi connectivity index (χ2v) is 5.07. The largest absolute Gasteiger partial charge is 0.310 e. The standard InChI is InChI=1S/C16H14F3N/c17-13-2-1-3-14(18)16(13)12-7-4-10(8-15(12)19)9-20-11-5-6-11/h1-4,7-8,11,20H,5-6,9H2. The Bertz CT molecular complexity index is 615. The maximum Gasteiger partial charge on any atom is 0.134 e. The number of nitrogens with one attached hydrogen (secondary N) is 1. The maximum atomic E-state index is 14.1. The van der Waals surface area contributed by atoms with Gasteiger partial charge >= 0.3 is 0 Å². The molecule has 0 amide bonds. The van der Waals surface area contributed by atoms with Crippen LogP contribution < -0.4 is 5.32 Å². The third-order valence-corrected chi connectivity index (χ3v) is 3.44. The van der Waals surface area contributed by atoms with E-state index in [-0.39, 0.29) is 11.1 Å². The molecular weight excluding hydrogens is 263 g/mol. The molecule has 20 heavy (non-hydrogen) atoms. The molecule has 0 aliphatic heterocycles. The highest BCUT2D eigenvalue weighted by atomic mass is 19.1. The van der Waals surface area contributed by atoms with Gasteiger partial charge < -0.3 is 5.32 Å². The first kappa shape index (κ1) is 13.2. The van der Waals surface area contributed by atoms with Crippen molar-refractivity contribution in [3.8, 4) is 11.1 Å². The van der Waals surface area contributed by atoms with E-state index < -0.39 is 17.5 Å². The Labute approximate surface area is 115 Å². The minimum atomic E-state index is -0.757. The van der Waals surface area contributed by atoms with Gasteiger partial charge in [0.15, 0.2) is 0 Å². The van der Waals surface area contributed by atoms with Crippen molar-refractivity contribution < 1.29 is 13.2 Å². The zero-order chi connectivity index (χ0) is 14.1. The molecule has 1 saturated carbocycles. The van der Waals surface area contributed by atoms with Crippen LogP contribution in [0.2, 0.25) is 0 Å². The summed E-state index contributed by atoms with van der Waals surface area (Å²) in [5.74, 6) is -2.12. The maximum absolute atomic E-state index is 14.1. The average Bonchev–Trinajstić information content (AvgIpc) is 3.22. The zero-order valence-corrected chi connectivity index (χ0v) is 10.8. The molecule has 0 bridgehead atoms. The molecule has 1 aliphatic carbocycles. The van der Waals surface area contributed by atoms with Gasteiger partial charge in [-0.2, -0.15) is 0 Å². The van der Waals surface area contributed by atoms with Crippen LogP contribution in [0.5, 0.6) is 0 Å². The molecule has 0 aromatic heterocycles. The van der Waals surface area contributed by atoms with Gasteiger partial charge in [0, 0.05) is 18.2 Å². The van der Waals surface area contributed by atoms with Crippen LogP contribution in [0.3, 0.4) is 0 Å². The van der Waals surface area contributed by atoms with Crippen molar-refractivity contribution in [3.63, 3.8) is 0 Å². The van der Waals surface area contributed by atoms with E-state index in [0.717, 1.165) is 30.5 Å². The van der Waals surface area contributed by atoms with Crippen molar-refractivity contribution in [2.45, 2.75) is 25.4 Å². The minimum absolute atomic E-state index is 0.0456. The van der Waals surface area contributed by atoms with Crippen LogP contribution >= 0.6 is 0 Å². The summed E-state index contributed by atoms with van der Waals surface area (Å²) in [4.78, 5) is 0. The Morgan fingerprint density at radius 2 is 1.65 bits per heavy atom. The molecule has 1 N–H and O–H groups in total. The number of rotatable bonds is 4. The van der Waals surface area contributed by atoms with Gasteiger partial charge in [-0.25, -0.2) is 13.2 Å². The molecule has 1 fully saturated rings. The first-order chi connectivity index (χ1) is 9.65. The lowest BCUT2D eigenvalue weighted by Gasteiger charge is -2.09. The highest BCUT2D eigenvalue weighted by molar-refractivity contribution is 5.65. The van der Waals surface area contributed by atoms with Crippen molar-refractivity contribution >= 4 is 0 Å². The number of hydrogen-bond acceptors (Lipinski definition) is 1. The molecule has 1 nitrogen and oxygen atoms in total. The van der Waals surface area contributed by atoms with Gasteiger partial charge in [-0.15, -0.1) is 0 Å². The zero-order valence-electron chi connectivity index (χ0n) is 10.8. The Balaban J connectivity index is 1.90. The van der Waals surface area contributed by atoms with Crippen LogP contribution in [0.4, 0.5) is 13.2 Å². The van der Waals surface area contributed by atoms with Crippen LogP contribution in [0, 0.1) is 17.5 Å². The van der Waals surface area contributed by atoms with E-state index in [4.69, 9.17) is 0 Å². The predicted octanol–water partition coefficient (Wildman–Crippen LogP) is 4.02. The van der Waals surface area contributed by atoms with Crippen LogP contribution in [-0.2, 0) is 6.54 Å². The van der Waals surface area contributed by atoms with Crippen molar-refractivity contribution in [1.82, 2.24) is 5.32 Å². The Morgan fingerprint density at radius 3 is 2.25 bits per heavy atom. The molecule has 4 heteroatoms. The van der Waals surface area contributed by atoms with Crippen LogP contribution in [0.1, 0.15) is 18.4 Å². The van der Waals surface area contributed by atoms with E-state index in [1.165, 1.54) is 18.2 Å². The first-order valence-electron chi connectivity index (χ1n) is 6.61. The third-order valence-electron chi connectivity index (χ3n) is 3.44. The second-order valence-electron chi connectivity index (χ2n) is 5.07. The molecule has 1 aliphatic rings. The van der Waals surface area contributed by atoms with E-state index >= 15 is 0 Å². The molecule has 0 atom stereocenters. The fourth-order valence-electron chi connectivity index (χ4n) is 2.18. The lowest BCUT2D eigenvalue weighted by atomic mass is 10.0. The summed E-state index contributed by atoms with van der Waals surface area (Å²) >= 11 is 0. The predicted molar refractivity (Wildman–Crippen MR) is 71.6 cm³/mol. The lowest BCUT2D eigenvalue weighted by Crippen LogP contribution is -2.15. The third kappa shape index (κ3) is 2.70. The highest BCUT2D eigenvalue weighted by Crippen LogP contribution is 2.29. The summed E-state index contributed by atoms with van der Waals surface area (Å²) in [7, 11) is 0. The molecule has 2 aromatic carbocycles. The van der Waals surface area contributed by atoms with Crippen molar-refractivity contribution in [1.29, 1.82) is 0 Å². The minimum Gasteiger partial charge on any atom is -0.310 e. The molecule has 0 heterocycles. The Kier molecular flexibility index (Phi) is 3.49. The molecular formula is C16H14F3N. The molecule has 0 unspecified atom stereocenters. The average molecular weight is 277 g/mol. The highest BCUT2D eigenvalue weighted by Gasteiger charge is 2.20. The summed E-state index contributed by atoms with van der Waals surface area (Å²) in [6.07, 6.45) is 2.31. The lowest BCUT2D eigenvalue weighted by molar-refractivity contribution is 0.581. The van der Waals surface area contributed by atoms with E-state index in [1.807, 2.05) is 0 Å². The summed E-state index contributed by atoms with van der Waals surface area (Å²) in [5.41, 5.74) is 0.414. The molecule has 2 aromatic rings. The van der Waals surface area contributed by atoms with Crippen molar-refractivity contribution in [2.24, 2.45) is 0 Å². The molecule has 104 valence electrons. The van der Waals surface area contributed by atoms with Crippen molar-refractivity contribution in [2.75, 3.05) is 0 Å². The smallest absolute Gasteiger partial charge is 0.134 e. The van der Waals surface area contributed by atoms with Gasteiger partial charge in [-0.1, -0.05) is 18.2 Å². The molecule has 0 saturated heterocycles. The summed E-state index contributed by atoms with van der Waals surface area (Å²) in [5, 5.41) is 3.27. The Morgan fingerprint density at radius 1 is 0.950 bits per heavy atom. The monoisotopic (exact) mass is 277 g/mol. The Hall–Kier alpha value is -1.81. The second kappa shape index (κ2) is 5.29.